The Morgan fingerprint density at radius 1 is 1.19 bits per heavy atom. The first kappa shape index (κ1) is 15.8. The SMILES string of the molecule is NC(=O)CN(Cc1ccc(N)cc1)S(=O)(=O)C1CCCC1. The highest BCUT2D eigenvalue weighted by molar-refractivity contribution is 7.89. The van der Waals surface area contributed by atoms with E-state index < -0.39 is 21.2 Å². The average molecular weight is 311 g/mol. The molecule has 1 aliphatic rings. The molecule has 1 saturated carbocycles. The van der Waals surface area contributed by atoms with Crippen LogP contribution in [0.25, 0.3) is 0 Å². The van der Waals surface area contributed by atoms with E-state index >= 15 is 0 Å². The van der Waals surface area contributed by atoms with Crippen LogP contribution < -0.4 is 11.5 Å². The highest BCUT2D eigenvalue weighted by Gasteiger charge is 2.34. The molecule has 116 valence electrons. The number of anilines is 1. The van der Waals surface area contributed by atoms with Crippen LogP contribution in [0.2, 0.25) is 0 Å². The minimum Gasteiger partial charge on any atom is -0.399 e. The summed E-state index contributed by atoms with van der Waals surface area (Å²) in [6.45, 7) is -0.148. The number of amides is 1. The molecule has 0 atom stereocenters. The van der Waals surface area contributed by atoms with Gasteiger partial charge in [0.2, 0.25) is 15.9 Å². The lowest BCUT2D eigenvalue weighted by atomic mass is 10.2. The number of benzene rings is 1. The smallest absolute Gasteiger partial charge is 0.232 e. The molecule has 0 spiro atoms. The molecule has 2 rings (SSSR count). The maximum absolute atomic E-state index is 12.6. The van der Waals surface area contributed by atoms with Crippen LogP contribution in [0.4, 0.5) is 5.69 Å². The zero-order valence-corrected chi connectivity index (χ0v) is 12.7. The summed E-state index contributed by atoms with van der Waals surface area (Å²) in [6, 6.07) is 6.93. The van der Waals surface area contributed by atoms with E-state index in [0.29, 0.717) is 18.5 Å². The van der Waals surface area contributed by atoms with Crippen LogP contribution in [0.1, 0.15) is 31.2 Å². The summed E-state index contributed by atoms with van der Waals surface area (Å²) in [7, 11) is -3.50. The number of nitrogens with zero attached hydrogens (tertiary/aromatic N) is 1. The first-order chi connectivity index (χ1) is 9.89. The summed E-state index contributed by atoms with van der Waals surface area (Å²) >= 11 is 0. The van der Waals surface area contributed by atoms with Crippen molar-refractivity contribution in [3.8, 4) is 0 Å². The van der Waals surface area contributed by atoms with Gasteiger partial charge >= 0.3 is 0 Å². The molecule has 0 aromatic heterocycles. The van der Waals surface area contributed by atoms with Crippen molar-refractivity contribution in [2.45, 2.75) is 37.5 Å². The van der Waals surface area contributed by atoms with Gasteiger partial charge in [-0.3, -0.25) is 4.79 Å². The van der Waals surface area contributed by atoms with Crippen molar-refractivity contribution in [1.29, 1.82) is 0 Å². The summed E-state index contributed by atoms with van der Waals surface area (Å²) in [6.07, 6.45) is 3.13. The van der Waals surface area contributed by atoms with E-state index in [0.717, 1.165) is 18.4 Å². The fourth-order valence-electron chi connectivity index (χ4n) is 2.63. The van der Waals surface area contributed by atoms with Gasteiger partial charge in [0.25, 0.3) is 0 Å². The first-order valence-electron chi connectivity index (χ1n) is 7.01. The number of carbonyl (C=O) groups excluding carboxylic acids is 1. The second-order valence-electron chi connectivity index (χ2n) is 5.43. The number of rotatable bonds is 6. The Hall–Kier alpha value is -1.60. The molecule has 0 radical (unpaired) electrons. The van der Waals surface area contributed by atoms with Gasteiger partial charge in [0, 0.05) is 12.2 Å². The monoisotopic (exact) mass is 311 g/mol. The third kappa shape index (κ3) is 3.95. The molecule has 1 fully saturated rings. The Labute approximate surface area is 125 Å². The van der Waals surface area contributed by atoms with Crippen molar-refractivity contribution < 1.29 is 13.2 Å². The van der Waals surface area contributed by atoms with E-state index in [2.05, 4.69) is 0 Å². The Morgan fingerprint density at radius 2 is 1.76 bits per heavy atom. The lowest BCUT2D eigenvalue weighted by Gasteiger charge is -2.24. The highest BCUT2D eigenvalue weighted by atomic mass is 32.2. The average Bonchev–Trinajstić information content (AvgIpc) is 2.94. The van der Waals surface area contributed by atoms with E-state index in [9.17, 15) is 13.2 Å². The van der Waals surface area contributed by atoms with Gasteiger partial charge < -0.3 is 11.5 Å². The molecule has 0 unspecified atom stereocenters. The quantitative estimate of drug-likeness (QED) is 0.759. The van der Waals surface area contributed by atoms with Gasteiger partial charge in [0.15, 0.2) is 0 Å². The fraction of sp³-hybridized carbons (Fsp3) is 0.500. The molecule has 7 heteroatoms. The zero-order valence-electron chi connectivity index (χ0n) is 11.9. The molecule has 1 aromatic carbocycles. The standard InChI is InChI=1S/C14H21N3O3S/c15-12-7-5-11(6-8-12)9-17(10-14(16)18)21(19,20)13-3-1-2-4-13/h5-8,13H,1-4,9-10,15H2,(H2,16,18). The highest BCUT2D eigenvalue weighted by Crippen LogP contribution is 2.28. The minimum atomic E-state index is -3.50. The van der Waals surface area contributed by atoms with Crippen molar-refractivity contribution in [2.24, 2.45) is 5.73 Å². The Balaban J connectivity index is 2.21. The topological polar surface area (TPSA) is 106 Å². The Kier molecular flexibility index (Phi) is 4.84. The minimum absolute atomic E-state index is 0.141. The van der Waals surface area contributed by atoms with E-state index in [1.54, 1.807) is 24.3 Å². The summed E-state index contributed by atoms with van der Waals surface area (Å²) in [5.41, 5.74) is 12.2. The molecule has 0 heterocycles. The zero-order chi connectivity index (χ0) is 15.5. The number of carbonyl (C=O) groups is 1. The number of sulfonamides is 1. The largest absolute Gasteiger partial charge is 0.399 e. The Bertz CT molecular complexity index is 592. The van der Waals surface area contributed by atoms with E-state index in [-0.39, 0.29) is 13.1 Å². The third-order valence-corrected chi connectivity index (χ3v) is 6.05. The van der Waals surface area contributed by atoms with Gasteiger partial charge in [0.05, 0.1) is 11.8 Å². The summed E-state index contributed by atoms with van der Waals surface area (Å²) in [5.74, 6) is -0.646. The van der Waals surface area contributed by atoms with Gasteiger partial charge in [-0.2, -0.15) is 4.31 Å². The second-order valence-corrected chi connectivity index (χ2v) is 7.64. The van der Waals surface area contributed by atoms with Crippen molar-refractivity contribution in [3.05, 3.63) is 29.8 Å². The molecular weight excluding hydrogens is 290 g/mol. The number of hydrogen-bond acceptors (Lipinski definition) is 4. The number of nitrogens with two attached hydrogens (primary N) is 2. The van der Waals surface area contributed by atoms with Crippen molar-refractivity contribution in [2.75, 3.05) is 12.3 Å². The van der Waals surface area contributed by atoms with Crippen LogP contribution in [0.15, 0.2) is 24.3 Å². The van der Waals surface area contributed by atoms with Crippen molar-refractivity contribution in [3.63, 3.8) is 0 Å². The van der Waals surface area contributed by atoms with Crippen molar-refractivity contribution in [1.82, 2.24) is 4.31 Å². The van der Waals surface area contributed by atoms with Crippen LogP contribution in [0.5, 0.6) is 0 Å². The van der Waals surface area contributed by atoms with Gasteiger partial charge in [-0.15, -0.1) is 0 Å². The Morgan fingerprint density at radius 3 is 2.29 bits per heavy atom. The lowest BCUT2D eigenvalue weighted by molar-refractivity contribution is -0.118. The molecular formula is C14H21N3O3S. The molecule has 0 aliphatic heterocycles. The predicted molar refractivity (Wildman–Crippen MR) is 81.6 cm³/mol. The normalized spacial score (nSPS) is 16.4. The summed E-state index contributed by atoms with van der Waals surface area (Å²) < 4.78 is 26.5. The van der Waals surface area contributed by atoms with Gasteiger partial charge in [0.1, 0.15) is 0 Å². The molecule has 0 bridgehead atoms. The van der Waals surface area contributed by atoms with Crippen LogP contribution in [-0.2, 0) is 21.4 Å². The first-order valence-corrected chi connectivity index (χ1v) is 8.51. The van der Waals surface area contributed by atoms with Gasteiger partial charge in [-0.05, 0) is 30.5 Å². The molecule has 4 N–H and O–H groups in total. The molecule has 6 nitrogen and oxygen atoms in total. The van der Waals surface area contributed by atoms with E-state index in [1.165, 1.54) is 4.31 Å². The summed E-state index contributed by atoms with van der Waals surface area (Å²) in [5, 5.41) is -0.398. The molecule has 21 heavy (non-hydrogen) atoms. The number of primary amides is 1. The fourth-order valence-corrected chi connectivity index (χ4v) is 4.62. The van der Waals surface area contributed by atoms with E-state index in [1.807, 2.05) is 0 Å². The predicted octanol–water partition coefficient (Wildman–Crippen LogP) is 0.828. The molecule has 1 aliphatic carbocycles. The van der Waals surface area contributed by atoms with Gasteiger partial charge in [-0.25, -0.2) is 8.42 Å². The van der Waals surface area contributed by atoms with Gasteiger partial charge in [-0.1, -0.05) is 25.0 Å². The molecule has 1 amide bonds. The van der Waals surface area contributed by atoms with Crippen LogP contribution in [0.3, 0.4) is 0 Å². The molecule has 0 saturated heterocycles. The second kappa shape index (κ2) is 6.44. The molecule has 1 aromatic rings. The lowest BCUT2D eigenvalue weighted by Crippen LogP contribution is -2.42. The number of nitrogen functional groups attached to an aromatic ring is 1. The maximum atomic E-state index is 12.6. The maximum Gasteiger partial charge on any atom is 0.232 e. The van der Waals surface area contributed by atoms with Crippen molar-refractivity contribution >= 4 is 21.6 Å². The van der Waals surface area contributed by atoms with Crippen LogP contribution in [-0.4, -0.2) is 30.4 Å². The van der Waals surface area contributed by atoms with Crippen LogP contribution in [0, 0.1) is 0 Å². The van der Waals surface area contributed by atoms with Crippen LogP contribution >= 0.6 is 0 Å². The third-order valence-electron chi connectivity index (χ3n) is 3.75. The summed E-state index contributed by atoms with van der Waals surface area (Å²) in [4.78, 5) is 11.2. The van der Waals surface area contributed by atoms with E-state index in [4.69, 9.17) is 11.5 Å². The number of hydrogen-bond donors (Lipinski definition) is 2.